The Morgan fingerprint density at radius 3 is 1.38 bits per heavy atom. The molecular formula is C31H19NO2. The molecule has 2 heterocycles. The van der Waals surface area contributed by atoms with Gasteiger partial charge in [-0.3, -0.25) is 0 Å². The molecule has 0 N–H and O–H groups in total. The van der Waals surface area contributed by atoms with Gasteiger partial charge in [-0.1, -0.05) is 97.1 Å². The first kappa shape index (κ1) is 18.9. The summed E-state index contributed by atoms with van der Waals surface area (Å²) in [6.07, 6.45) is 3.28. The third-order valence-electron chi connectivity index (χ3n) is 6.56. The van der Waals surface area contributed by atoms with Crippen molar-refractivity contribution in [3.8, 4) is 0 Å². The van der Waals surface area contributed by atoms with Crippen LogP contribution in [0.4, 0.5) is 0 Å². The van der Waals surface area contributed by atoms with Crippen LogP contribution in [0.15, 0.2) is 125 Å². The number of fused-ring (bicyclic) bond motifs is 12. The summed E-state index contributed by atoms with van der Waals surface area (Å²) in [5.41, 5.74) is 2.80. The number of benzene rings is 6. The number of nitrogens with zero attached hydrogens (tertiary/aromatic N) is 1. The second-order valence-electron chi connectivity index (χ2n) is 8.38. The molecule has 3 nitrogen and oxygen atoms in total. The summed E-state index contributed by atoms with van der Waals surface area (Å²) in [4.78, 5) is 4.33. The molecule has 8 rings (SSSR count). The van der Waals surface area contributed by atoms with E-state index in [1.165, 1.54) is 44.1 Å². The lowest BCUT2D eigenvalue weighted by Gasteiger charge is -2.05. The van der Waals surface area contributed by atoms with Gasteiger partial charge in [-0.05, 0) is 33.0 Å². The molecule has 6 aromatic carbocycles. The van der Waals surface area contributed by atoms with Crippen LogP contribution in [0.2, 0.25) is 0 Å². The number of aromatic nitrogens is 1. The molecule has 160 valence electrons. The quantitative estimate of drug-likeness (QED) is 0.222. The van der Waals surface area contributed by atoms with E-state index in [-0.39, 0.29) is 0 Å². The van der Waals surface area contributed by atoms with Crippen LogP contribution in [0.1, 0.15) is 0 Å². The van der Waals surface area contributed by atoms with Gasteiger partial charge in [-0.15, -0.1) is 0 Å². The van der Waals surface area contributed by atoms with Crippen LogP contribution in [0.3, 0.4) is 0 Å². The van der Waals surface area contributed by atoms with Crippen molar-refractivity contribution < 1.29 is 8.83 Å². The normalized spacial score (nSPS) is 11.5. The number of hydrogen-bond acceptors (Lipinski definition) is 3. The molecule has 0 unspecified atom stereocenters. The summed E-state index contributed by atoms with van der Waals surface area (Å²) >= 11 is 0. The average Bonchev–Trinajstić information content (AvgIpc) is 3.60. The molecule has 0 radical (unpaired) electrons. The van der Waals surface area contributed by atoms with Crippen LogP contribution >= 0.6 is 0 Å². The number of rotatable bonds is 0. The van der Waals surface area contributed by atoms with Crippen LogP contribution in [-0.4, -0.2) is 4.98 Å². The highest BCUT2D eigenvalue weighted by Crippen LogP contribution is 2.35. The van der Waals surface area contributed by atoms with Crippen LogP contribution < -0.4 is 0 Å². The molecule has 0 fully saturated rings. The van der Waals surface area contributed by atoms with E-state index in [0.717, 1.165) is 27.5 Å². The van der Waals surface area contributed by atoms with E-state index in [1.54, 1.807) is 6.26 Å². The van der Waals surface area contributed by atoms with Crippen molar-refractivity contribution in [2.24, 2.45) is 0 Å². The summed E-state index contributed by atoms with van der Waals surface area (Å²) < 4.78 is 11.2. The maximum atomic E-state index is 5.64. The van der Waals surface area contributed by atoms with Crippen molar-refractivity contribution in [3.05, 3.63) is 116 Å². The zero-order valence-electron chi connectivity index (χ0n) is 18.2. The SMILES string of the molecule is c1ccc2c(c1)c1ccccc1c1occc21.c1ccc2c(c1)c1ccccc1c1ocnc21. The Balaban J connectivity index is 0.000000118. The van der Waals surface area contributed by atoms with E-state index in [9.17, 15) is 0 Å². The van der Waals surface area contributed by atoms with E-state index in [4.69, 9.17) is 8.83 Å². The minimum Gasteiger partial charge on any atom is -0.464 e. The summed E-state index contributed by atoms with van der Waals surface area (Å²) in [6, 6.07) is 35.5. The summed E-state index contributed by atoms with van der Waals surface area (Å²) in [7, 11) is 0. The van der Waals surface area contributed by atoms with Crippen molar-refractivity contribution in [3.63, 3.8) is 0 Å². The maximum absolute atomic E-state index is 5.64. The second-order valence-corrected chi connectivity index (χ2v) is 8.38. The summed E-state index contributed by atoms with van der Waals surface area (Å²) in [6.45, 7) is 0. The Morgan fingerprint density at radius 2 is 0.794 bits per heavy atom. The van der Waals surface area contributed by atoms with Gasteiger partial charge >= 0.3 is 0 Å². The number of oxazole rings is 1. The summed E-state index contributed by atoms with van der Waals surface area (Å²) in [5.74, 6) is 0. The average molecular weight is 437 g/mol. The molecule has 0 aliphatic heterocycles. The first-order valence-corrected chi connectivity index (χ1v) is 11.3. The summed E-state index contributed by atoms with van der Waals surface area (Å²) in [5, 5.41) is 10.9. The molecule has 0 aliphatic rings. The predicted molar refractivity (Wildman–Crippen MR) is 140 cm³/mol. The van der Waals surface area contributed by atoms with Gasteiger partial charge in [0, 0.05) is 21.5 Å². The van der Waals surface area contributed by atoms with Gasteiger partial charge in [-0.2, -0.15) is 0 Å². The van der Waals surface area contributed by atoms with Crippen LogP contribution in [-0.2, 0) is 0 Å². The maximum Gasteiger partial charge on any atom is 0.182 e. The van der Waals surface area contributed by atoms with Crippen molar-refractivity contribution in [1.29, 1.82) is 0 Å². The van der Waals surface area contributed by atoms with Gasteiger partial charge in [0.1, 0.15) is 11.1 Å². The molecule has 0 atom stereocenters. The van der Waals surface area contributed by atoms with Crippen LogP contribution in [0, 0.1) is 0 Å². The van der Waals surface area contributed by atoms with Crippen molar-refractivity contribution in [2.45, 2.75) is 0 Å². The first-order chi connectivity index (χ1) is 16.9. The Bertz CT molecular complexity index is 1690. The molecule has 0 saturated carbocycles. The molecule has 8 aromatic rings. The Morgan fingerprint density at radius 1 is 0.382 bits per heavy atom. The fourth-order valence-electron chi connectivity index (χ4n) is 5.07. The van der Waals surface area contributed by atoms with E-state index < -0.39 is 0 Å². The monoisotopic (exact) mass is 437 g/mol. The van der Waals surface area contributed by atoms with Gasteiger partial charge in [0.15, 0.2) is 12.0 Å². The minimum atomic E-state index is 0.874. The van der Waals surface area contributed by atoms with Crippen LogP contribution in [0.5, 0.6) is 0 Å². The molecule has 3 heteroatoms. The van der Waals surface area contributed by atoms with Crippen molar-refractivity contribution in [2.75, 3.05) is 0 Å². The topological polar surface area (TPSA) is 39.2 Å². The molecule has 0 saturated heterocycles. The first-order valence-electron chi connectivity index (χ1n) is 11.3. The fraction of sp³-hybridized carbons (Fsp3) is 0. The van der Waals surface area contributed by atoms with Gasteiger partial charge in [0.2, 0.25) is 0 Å². The lowest BCUT2D eigenvalue weighted by molar-refractivity contribution is 0.605. The fourth-order valence-corrected chi connectivity index (χ4v) is 5.07. The Kier molecular flexibility index (Phi) is 4.15. The van der Waals surface area contributed by atoms with E-state index in [2.05, 4.69) is 89.9 Å². The largest absolute Gasteiger partial charge is 0.464 e. The number of furan rings is 1. The third-order valence-corrected chi connectivity index (χ3v) is 6.56. The zero-order valence-corrected chi connectivity index (χ0v) is 18.2. The number of hydrogen-bond donors (Lipinski definition) is 0. The highest BCUT2D eigenvalue weighted by Gasteiger charge is 2.11. The lowest BCUT2D eigenvalue weighted by atomic mass is 9.99. The van der Waals surface area contributed by atoms with Gasteiger partial charge in [-0.25, -0.2) is 4.98 Å². The molecule has 0 amide bonds. The molecule has 0 bridgehead atoms. The molecule has 0 spiro atoms. The molecule has 34 heavy (non-hydrogen) atoms. The molecule has 2 aromatic heterocycles. The molecule has 0 aliphatic carbocycles. The van der Waals surface area contributed by atoms with Crippen molar-refractivity contribution >= 4 is 65.2 Å². The smallest absolute Gasteiger partial charge is 0.182 e. The van der Waals surface area contributed by atoms with Gasteiger partial charge < -0.3 is 8.83 Å². The van der Waals surface area contributed by atoms with Crippen molar-refractivity contribution in [1.82, 2.24) is 4.98 Å². The third kappa shape index (κ3) is 2.74. The van der Waals surface area contributed by atoms with Gasteiger partial charge in [0.05, 0.1) is 6.26 Å². The van der Waals surface area contributed by atoms with E-state index in [1.807, 2.05) is 18.2 Å². The van der Waals surface area contributed by atoms with Crippen LogP contribution in [0.25, 0.3) is 65.2 Å². The minimum absolute atomic E-state index is 0.874. The van der Waals surface area contributed by atoms with E-state index in [0.29, 0.717) is 0 Å². The zero-order chi connectivity index (χ0) is 22.5. The second kappa shape index (κ2) is 7.46. The Labute approximate surface area is 194 Å². The van der Waals surface area contributed by atoms with Gasteiger partial charge in [0.25, 0.3) is 0 Å². The highest BCUT2D eigenvalue weighted by molar-refractivity contribution is 6.24. The lowest BCUT2D eigenvalue weighted by Crippen LogP contribution is -1.80. The Hall–Kier alpha value is -4.63. The molecular weight excluding hydrogens is 418 g/mol. The highest BCUT2D eigenvalue weighted by atomic mass is 16.3. The van der Waals surface area contributed by atoms with E-state index >= 15 is 0 Å². The standard InChI is InChI=1S/C16H10O.C15H9NO/c1-2-7-13-11(5-1)12-6-3-4-8-14(12)16-15(13)9-10-17-16;1-3-7-12-10(5-1)11-6-2-4-8-13(11)15-14(12)16-9-17-15/h1-10H;1-9H. The predicted octanol–water partition coefficient (Wildman–Crippen LogP) is 8.87.